The lowest BCUT2D eigenvalue weighted by Gasteiger charge is -2.02. The predicted octanol–water partition coefficient (Wildman–Crippen LogP) is 6.45. The summed E-state index contributed by atoms with van der Waals surface area (Å²) in [7, 11) is 0. The van der Waals surface area contributed by atoms with Crippen molar-refractivity contribution in [2.24, 2.45) is 0 Å². The van der Waals surface area contributed by atoms with Gasteiger partial charge in [0.1, 0.15) is 6.29 Å². The summed E-state index contributed by atoms with van der Waals surface area (Å²) in [5, 5.41) is 0. The van der Waals surface area contributed by atoms with Gasteiger partial charge in [-0.1, -0.05) is 96.8 Å². The smallest absolute Gasteiger partial charge is 0.119 e. The molecular formula is C18H36O. The third kappa shape index (κ3) is 17.7. The van der Waals surface area contributed by atoms with Gasteiger partial charge >= 0.3 is 0 Å². The second-order valence-electron chi connectivity index (χ2n) is 5.91. The molecule has 0 fully saturated rings. The molecule has 0 unspecified atom stereocenters. The fraction of sp³-hybridized carbons (Fsp3) is 0.944. The van der Waals surface area contributed by atoms with Crippen LogP contribution in [0.15, 0.2) is 0 Å². The van der Waals surface area contributed by atoms with Crippen molar-refractivity contribution >= 4 is 6.29 Å². The molecule has 0 heterocycles. The van der Waals surface area contributed by atoms with Crippen LogP contribution in [0, 0.1) is 0 Å². The number of rotatable bonds is 16. The van der Waals surface area contributed by atoms with E-state index in [1.165, 1.54) is 89.9 Å². The number of carbonyl (C=O) groups is 1. The molecule has 1 nitrogen and oxygen atoms in total. The van der Waals surface area contributed by atoms with Gasteiger partial charge in [-0.3, -0.25) is 0 Å². The van der Waals surface area contributed by atoms with Crippen LogP contribution in [0.3, 0.4) is 0 Å². The van der Waals surface area contributed by atoms with Crippen molar-refractivity contribution in [3.05, 3.63) is 0 Å². The Kier molecular flexibility index (Phi) is 17.4. The largest absolute Gasteiger partial charge is 0.303 e. The Morgan fingerprint density at radius 2 is 0.842 bits per heavy atom. The molecule has 0 aliphatic carbocycles. The molecule has 0 aliphatic rings. The first-order valence-corrected chi connectivity index (χ1v) is 8.85. The van der Waals surface area contributed by atoms with Crippen LogP contribution in [0.4, 0.5) is 0 Å². The zero-order chi connectivity index (χ0) is 14.0. The molecular weight excluding hydrogens is 234 g/mol. The number of aldehydes is 1. The quantitative estimate of drug-likeness (QED) is 0.233. The van der Waals surface area contributed by atoms with Crippen molar-refractivity contribution in [2.45, 2.75) is 110 Å². The maximum Gasteiger partial charge on any atom is 0.119 e. The first-order chi connectivity index (χ1) is 9.41. The van der Waals surface area contributed by atoms with Crippen LogP contribution in [0.25, 0.3) is 0 Å². The van der Waals surface area contributed by atoms with E-state index >= 15 is 0 Å². The Bertz CT molecular complexity index is 165. The zero-order valence-electron chi connectivity index (χ0n) is 13.3. The van der Waals surface area contributed by atoms with Crippen molar-refractivity contribution in [1.29, 1.82) is 0 Å². The normalized spacial score (nSPS) is 10.8. The van der Waals surface area contributed by atoms with E-state index in [4.69, 9.17) is 0 Å². The summed E-state index contributed by atoms with van der Waals surface area (Å²) in [5.41, 5.74) is 0. The second kappa shape index (κ2) is 17.7. The van der Waals surface area contributed by atoms with Crippen molar-refractivity contribution in [3.63, 3.8) is 0 Å². The summed E-state index contributed by atoms with van der Waals surface area (Å²) < 4.78 is 0. The van der Waals surface area contributed by atoms with E-state index in [0.717, 1.165) is 19.1 Å². The van der Waals surface area contributed by atoms with Crippen molar-refractivity contribution < 1.29 is 4.79 Å². The van der Waals surface area contributed by atoms with Gasteiger partial charge in [0, 0.05) is 6.42 Å². The lowest BCUT2D eigenvalue weighted by Crippen LogP contribution is -1.83. The Labute approximate surface area is 121 Å². The Morgan fingerprint density at radius 1 is 0.526 bits per heavy atom. The highest BCUT2D eigenvalue weighted by molar-refractivity contribution is 5.48. The van der Waals surface area contributed by atoms with Crippen LogP contribution in [-0.4, -0.2) is 6.29 Å². The van der Waals surface area contributed by atoms with Gasteiger partial charge in [0.05, 0.1) is 0 Å². The zero-order valence-corrected chi connectivity index (χ0v) is 13.3. The summed E-state index contributed by atoms with van der Waals surface area (Å²) in [6, 6.07) is 0. The fourth-order valence-electron chi connectivity index (χ4n) is 2.60. The number of hydrogen-bond donors (Lipinski definition) is 0. The molecule has 0 saturated heterocycles. The van der Waals surface area contributed by atoms with E-state index in [0.29, 0.717) is 0 Å². The molecule has 114 valence electrons. The van der Waals surface area contributed by atoms with Crippen LogP contribution < -0.4 is 0 Å². The minimum atomic E-state index is 0.762. The average Bonchev–Trinajstić information content (AvgIpc) is 2.43. The molecule has 0 spiro atoms. The molecule has 0 N–H and O–H groups in total. The van der Waals surface area contributed by atoms with Gasteiger partial charge < -0.3 is 4.79 Å². The lowest BCUT2D eigenvalue weighted by atomic mass is 10.0. The van der Waals surface area contributed by atoms with Gasteiger partial charge in [-0.2, -0.15) is 0 Å². The third-order valence-corrected chi connectivity index (χ3v) is 3.93. The first kappa shape index (κ1) is 18.7. The van der Waals surface area contributed by atoms with E-state index in [1.807, 2.05) is 0 Å². The molecule has 0 rings (SSSR count). The summed E-state index contributed by atoms with van der Waals surface area (Å²) in [6.07, 6.45) is 22.6. The van der Waals surface area contributed by atoms with Gasteiger partial charge in [0.15, 0.2) is 0 Å². The van der Waals surface area contributed by atoms with Crippen LogP contribution in [0.2, 0.25) is 0 Å². The minimum absolute atomic E-state index is 0.762. The van der Waals surface area contributed by atoms with Crippen LogP contribution in [0.1, 0.15) is 110 Å². The lowest BCUT2D eigenvalue weighted by molar-refractivity contribution is -0.107. The molecule has 0 radical (unpaired) electrons. The Hall–Kier alpha value is -0.330. The van der Waals surface area contributed by atoms with E-state index in [2.05, 4.69) is 6.92 Å². The molecule has 1 heteroatoms. The molecule has 19 heavy (non-hydrogen) atoms. The number of unbranched alkanes of at least 4 members (excludes halogenated alkanes) is 15. The van der Waals surface area contributed by atoms with Crippen LogP contribution in [0.5, 0.6) is 0 Å². The van der Waals surface area contributed by atoms with Crippen molar-refractivity contribution in [2.75, 3.05) is 0 Å². The first-order valence-electron chi connectivity index (χ1n) is 8.85. The van der Waals surface area contributed by atoms with E-state index in [9.17, 15) is 4.79 Å². The Balaban J connectivity index is 2.89. The minimum Gasteiger partial charge on any atom is -0.303 e. The van der Waals surface area contributed by atoms with Crippen LogP contribution in [-0.2, 0) is 4.79 Å². The third-order valence-electron chi connectivity index (χ3n) is 3.93. The summed E-state index contributed by atoms with van der Waals surface area (Å²) >= 11 is 0. The molecule has 0 saturated carbocycles. The topological polar surface area (TPSA) is 17.1 Å². The van der Waals surface area contributed by atoms with E-state index in [1.54, 1.807) is 0 Å². The Morgan fingerprint density at radius 3 is 1.16 bits per heavy atom. The molecule has 0 aromatic heterocycles. The highest BCUT2D eigenvalue weighted by atomic mass is 16.2. The average molecular weight is 270 g/mol. The second-order valence-corrected chi connectivity index (χ2v) is 5.91. The molecule has 0 amide bonds. The summed E-state index contributed by atoms with van der Waals surface area (Å²) in [5.74, 6) is 0. The number of hydrogen-bond acceptors (Lipinski definition) is 1. The maximum absolute atomic E-state index is 10.1. The molecule has 0 aliphatic heterocycles. The molecule has 0 aromatic carbocycles. The maximum atomic E-state index is 10.1. The SMILES string of the molecule is CCCCCCCCCCCCCCCCC[14CH]=O. The summed E-state index contributed by atoms with van der Waals surface area (Å²) in [6.45, 7) is 2.28. The highest BCUT2D eigenvalue weighted by Crippen LogP contribution is 2.13. The standard InChI is InChI=1S/C18H36O/c1-2-3-4-5-6-7-8-9-10-11-12-13-14-15-16-17-18-19/h18H,2-17H2,1H3/i18+2. The summed E-state index contributed by atoms with van der Waals surface area (Å²) in [4.78, 5) is 10.1. The van der Waals surface area contributed by atoms with Crippen LogP contribution >= 0.6 is 0 Å². The van der Waals surface area contributed by atoms with Gasteiger partial charge in [0.25, 0.3) is 0 Å². The fourth-order valence-corrected chi connectivity index (χ4v) is 2.60. The molecule has 0 aromatic rings. The van der Waals surface area contributed by atoms with E-state index in [-0.39, 0.29) is 0 Å². The van der Waals surface area contributed by atoms with E-state index < -0.39 is 0 Å². The monoisotopic (exact) mass is 270 g/mol. The predicted molar refractivity (Wildman–Crippen MR) is 85.6 cm³/mol. The number of carbonyl (C=O) groups excluding carboxylic acids is 1. The highest BCUT2D eigenvalue weighted by Gasteiger charge is 1.94. The molecule has 0 bridgehead atoms. The van der Waals surface area contributed by atoms with Gasteiger partial charge in [-0.05, 0) is 6.42 Å². The van der Waals surface area contributed by atoms with Gasteiger partial charge in [0.2, 0.25) is 0 Å². The van der Waals surface area contributed by atoms with Gasteiger partial charge in [-0.15, -0.1) is 0 Å². The van der Waals surface area contributed by atoms with Gasteiger partial charge in [-0.25, -0.2) is 0 Å². The van der Waals surface area contributed by atoms with Crippen molar-refractivity contribution in [3.8, 4) is 0 Å². The molecule has 0 atom stereocenters. The van der Waals surface area contributed by atoms with Crippen molar-refractivity contribution in [1.82, 2.24) is 0 Å².